The molecule has 1 saturated carbocycles. The number of halogens is 2. The predicted octanol–water partition coefficient (Wildman–Crippen LogP) is 2.61. The first kappa shape index (κ1) is 9.76. The van der Waals surface area contributed by atoms with Gasteiger partial charge in [-0.15, -0.1) is 0 Å². The topological polar surface area (TPSA) is 33.6 Å². The maximum atomic E-state index is 13.4. The molecule has 0 saturated heterocycles. The van der Waals surface area contributed by atoms with Gasteiger partial charge in [0, 0.05) is 6.42 Å². The summed E-state index contributed by atoms with van der Waals surface area (Å²) in [4.78, 5) is 0. The number of nitrogens with one attached hydrogen (secondary N) is 1. The van der Waals surface area contributed by atoms with Crippen molar-refractivity contribution in [3.8, 4) is 0 Å². The number of hydrogen-bond donors (Lipinski definition) is 1. The Morgan fingerprint density at radius 3 is 2.79 bits per heavy atom. The van der Waals surface area contributed by atoms with Crippen LogP contribution in [0.1, 0.15) is 31.1 Å². The molecule has 1 aromatic rings. The second-order valence-electron chi connectivity index (χ2n) is 3.62. The zero-order valence-electron chi connectivity index (χ0n) is 7.76. The molecule has 0 radical (unpaired) electrons. The molecule has 1 heterocycles. The molecule has 78 valence electrons. The van der Waals surface area contributed by atoms with Crippen LogP contribution in [0, 0.1) is 11.7 Å². The first-order valence-corrected chi connectivity index (χ1v) is 4.94. The van der Waals surface area contributed by atoms with E-state index in [1.807, 2.05) is 0 Å². The third-order valence-electron chi connectivity index (χ3n) is 2.67. The van der Waals surface area contributed by atoms with Crippen molar-refractivity contribution >= 4 is 12.2 Å². The summed E-state index contributed by atoms with van der Waals surface area (Å²) in [6.45, 7) is 1.68. The normalized spacial score (nSPS) is 25.5. The fourth-order valence-corrected chi connectivity index (χ4v) is 2.28. The van der Waals surface area contributed by atoms with Gasteiger partial charge in [-0.3, -0.25) is 9.67 Å². The van der Waals surface area contributed by atoms with Gasteiger partial charge >= 0.3 is 0 Å². The van der Waals surface area contributed by atoms with E-state index in [1.165, 1.54) is 4.57 Å². The number of nitrogens with zero attached hydrogens (tertiary/aromatic N) is 2. The van der Waals surface area contributed by atoms with E-state index in [2.05, 4.69) is 10.2 Å². The van der Waals surface area contributed by atoms with Gasteiger partial charge in [0.25, 0.3) is 5.92 Å². The van der Waals surface area contributed by atoms with Crippen LogP contribution in [0.15, 0.2) is 0 Å². The summed E-state index contributed by atoms with van der Waals surface area (Å²) in [5.74, 6) is -2.12. The summed E-state index contributed by atoms with van der Waals surface area (Å²) in [6.07, 6.45) is 0.968. The Kier molecular flexibility index (Phi) is 2.17. The zero-order valence-corrected chi connectivity index (χ0v) is 8.57. The molecule has 0 aliphatic heterocycles. The molecule has 1 unspecified atom stereocenters. The fourth-order valence-electron chi connectivity index (χ4n) is 1.98. The van der Waals surface area contributed by atoms with E-state index in [-0.39, 0.29) is 11.2 Å². The van der Waals surface area contributed by atoms with Gasteiger partial charge in [0.2, 0.25) is 0 Å². The van der Waals surface area contributed by atoms with E-state index >= 15 is 0 Å². The van der Waals surface area contributed by atoms with E-state index in [4.69, 9.17) is 12.2 Å². The van der Waals surface area contributed by atoms with Crippen LogP contribution in [0.3, 0.4) is 0 Å². The van der Waals surface area contributed by atoms with Gasteiger partial charge in [0.15, 0.2) is 4.77 Å². The van der Waals surface area contributed by atoms with E-state index < -0.39 is 12.0 Å². The van der Waals surface area contributed by atoms with Crippen LogP contribution in [0.2, 0.25) is 0 Å². The molecule has 0 amide bonds. The van der Waals surface area contributed by atoms with Crippen LogP contribution in [-0.4, -0.2) is 20.7 Å². The van der Waals surface area contributed by atoms with Crippen LogP contribution in [0.4, 0.5) is 8.78 Å². The first-order valence-electron chi connectivity index (χ1n) is 4.54. The van der Waals surface area contributed by atoms with Gasteiger partial charge in [0.1, 0.15) is 11.9 Å². The highest BCUT2D eigenvalue weighted by atomic mass is 32.1. The van der Waals surface area contributed by atoms with Crippen molar-refractivity contribution < 1.29 is 8.78 Å². The van der Waals surface area contributed by atoms with E-state index in [0.29, 0.717) is 18.7 Å². The highest BCUT2D eigenvalue weighted by molar-refractivity contribution is 7.71. The lowest BCUT2D eigenvalue weighted by Gasteiger charge is -2.20. The molecule has 6 heteroatoms. The molecule has 14 heavy (non-hydrogen) atoms. The molecule has 1 N–H and O–H groups in total. The van der Waals surface area contributed by atoms with Crippen molar-refractivity contribution in [1.29, 1.82) is 0 Å². The third kappa shape index (κ3) is 1.37. The zero-order chi connectivity index (χ0) is 10.3. The number of aromatic nitrogens is 3. The lowest BCUT2D eigenvalue weighted by atomic mass is 10.2. The average molecular weight is 219 g/mol. The van der Waals surface area contributed by atoms with Crippen LogP contribution >= 0.6 is 12.2 Å². The van der Waals surface area contributed by atoms with Crippen LogP contribution < -0.4 is 0 Å². The largest absolute Gasteiger partial charge is 0.295 e. The summed E-state index contributed by atoms with van der Waals surface area (Å²) < 4.78 is 28.6. The summed E-state index contributed by atoms with van der Waals surface area (Å²) in [5, 5.41) is 6.37. The summed E-state index contributed by atoms with van der Waals surface area (Å²) in [5.41, 5.74) is 0. The molecule has 3 nitrogen and oxygen atoms in total. The summed E-state index contributed by atoms with van der Waals surface area (Å²) >= 11 is 4.92. The summed E-state index contributed by atoms with van der Waals surface area (Å²) in [7, 11) is 0. The molecule has 1 atom stereocenters. The van der Waals surface area contributed by atoms with Gasteiger partial charge < -0.3 is 0 Å². The fraction of sp³-hybridized carbons (Fsp3) is 0.750. The highest BCUT2D eigenvalue weighted by Gasteiger charge is 2.45. The summed E-state index contributed by atoms with van der Waals surface area (Å²) in [6, 6.07) is -0.811. The molecule has 2 rings (SSSR count). The van der Waals surface area contributed by atoms with Crippen LogP contribution in [-0.2, 0) is 0 Å². The monoisotopic (exact) mass is 219 g/mol. The molecule has 1 aromatic heterocycles. The van der Waals surface area contributed by atoms with E-state index in [1.54, 1.807) is 6.92 Å². The molecule has 1 aliphatic carbocycles. The molecule has 0 bridgehead atoms. The second-order valence-corrected chi connectivity index (χ2v) is 4.00. The van der Waals surface area contributed by atoms with Crippen molar-refractivity contribution in [2.24, 2.45) is 0 Å². The van der Waals surface area contributed by atoms with E-state index in [9.17, 15) is 8.78 Å². The Balaban J connectivity index is 2.45. The third-order valence-corrected chi connectivity index (χ3v) is 2.96. The highest BCUT2D eigenvalue weighted by Crippen LogP contribution is 2.43. The maximum Gasteiger partial charge on any atom is 0.268 e. The van der Waals surface area contributed by atoms with Gasteiger partial charge in [-0.05, 0) is 32.0 Å². The Hall–Kier alpha value is -0.780. The first-order chi connectivity index (χ1) is 6.52. The van der Waals surface area contributed by atoms with E-state index in [0.717, 1.165) is 0 Å². The standard InChI is InChI=1S/C8H11F2N3S/c1-5-11-12-7(14)13(5)6-3-2-4-8(6,9)10/h6H,2-4H2,1H3,(H,12,14). The number of alkyl halides is 2. The van der Waals surface area contributed by atoms with Crippen LogP contribution in [0.5, 0.6) is 0 Å². The van der Waals surface area contributed by atoms with Gasteiger partial charge in [0.05, 0.1) is 0 Å². The van der Waals surface area contributed by atoms with Crippen molar-refractivity contribution in [1.82, 2.24) is 14.8 Å². The molecule has 0 spiro atoms. The Labute approximate surface area is 85.1 Å². The lowest BCUT2D eigenvalue weighted by molar-refractivity contribution is -0.0317. The average Bonchev–Trinajstić information content (AvgIpc) is 2.57. The number of aromatic amines is 1. The minimum atomic E-state index is -2.65. The van der Waals surface area contributed by atoms with Gasteiger partial charge in [-0.2, -0.15) is 5.10 Å². The number of H-pyrrole nitrogens is 1. The molecule has 0 aromatic carbocycles. The number of hydrogen-bond acceptors (Lipinski definition) is 2. The SMILES string of the molecule is Cc1n[nH]c(=S)n1C1CCCC1(F)F. The van der Waals surface area contributed by atoms with Gasteiger partial charge in [-0.1, -0.05) is 0 Å². The smallest absolute Gasteiger partial charge is 0.268 e. The molecular formula is C8H11F2N3S. The van der Waals surface area contributed by atoms with Crippen molar-refractivity contribution in [2.45, 2.75) is 38.2 Å². The van der Waals surface area contributed by atoms with Gasteiger partial charge in [-0.25, -0.2) is 8.78 Å². The quantitative estimate of drug-likeness (QED) is 0.736. The number of aryl methyl sites for hydroxylation is 1. The Bertz CT molecular complexity index is 396. The van der Waals surface area contributed by atoms with Crippen molar-refractivity contribution in [3.05, 3.63) is 10.6 Å². The minimum absolute atomic E-state index is 0.0515. The predicted molar refractivity (Wildman–Crippen MR) is 50.0 cm³/mol. The molecular weight excluding hydrogens is 208 g/mol. The van der Waals surface area contributed by atoms with Crippen LogP contribution in [0.25, 0.3) is 0 Å². The minimum Gasteiger partial charge on any atom is -0.295 e. The van der Waals surface area contributed by atoms with Crippen molar-refractivity contribution in [2.75, 3.05) is 0 Å². The number of rotatable bonds is 1. The Morgan fingerprint density at radius 1 is 1.64 bits per heavy atom. The maximum absolute atomic E-state index is 13.4. The second kappa shape index (κ2) is 3.12. The molecule has 1 aliphatic rings. The Morgan fingerprint density at radius 2 is 2.36 bits per heavy atom. The lowest BCUT2D eigenvalue weighted by Crippen LogP contribution is -2.26. The van der Waals surface area contributed by atoms with Crippen molar-refractivity contribution in [3.63, 3.8) is 0 Å². The molecule has 1 fully saturated rings.